The minimum atomic E-state index is -0.902. The Morgan fingerprint density at radius 1 is 0.552 bits per heavy atom. The van der Waals surface area contributed by atoms with E-state index in [9.17, 15) is 9.90 Å². The molecule has 0 aromatic heterocycles. The molecule has 0 saturated carbocycles. The highest BCUT2D eigenvalue weighted by Gasteiger charge is 2.08. The van der Waals surface area contributed by atoms with Crippen LogP contribution in [0.15, 0.2) is 0 Å². The zero-order valence-electron chi connectivity index (χ0n) is 19.6. The summed E-state index contributed by atoms with van der Waals surface area (Å²) < 4.78 is 0. The second kappa shape index (κ2) is 23.7. The monoisotopic (exact) mass is 412 g/mol. The number of hydrogen-bond acceptors (Lipinski definition) is 2. The van der Waals surface area contributed by atoms with Gasteiger partial charge in [0, 0.05) is 0 Å². The molecule has 0 rings (SSSR count). The SMILES string of the molecule is CCCCCCCCCCCCCCCCCCCCCCCC(O)CC(=O)O. The van der Waals surface area contributed by atoms with Crippen molar-refractivity contribution in [3.63, 3.8) is 0 Å². The Balaban J connectivity index is 3.06. The Morgan fingerprint density at radius 3 is 1.10 bits per heavy atom. The maximum Gasteiger partial charge on any atom is 0.305 e. The van der Waals surface area contributed by atoms with Gasteiger partial charge < -0.3 is 10.2 Å². The van der Waals surface area contributed by atoms with Crippen LogP contribution in [0.3, 0.4) is 0 Å². The molecule has 0 aromatic carbocycles. The van der Waals surface area contributed by atoms with Crippen molar-refractivity contribution in [3.8, 4) is 0 Å². The van der Waals surface area contributed by atoms with Crippen molar-refractivity contribution < 1.29 is 15.0 Å². The lowest BCUT2D eigenvalue weighted by Crippen LogP contribution is -2.12. The summed E-state index contributed by atoms with van der Waals surface area (Å²) in [7, 11) is 0. The molecule has 0 aliphatic carbocycles. The fourth-order valence-electron chi connectivity index (χ4n) is 4.12. The van der Waals surface area contributed by atoms with Gasteiger partial charge in [0.25, 0.3) is 0 Å². The van der Waals surface area contributed by atoms with Crippen LogP contribution in [0.1, 0.15) is 155 Å². The van der Waals surface area contributed by atoms with E-state index >= 15 is 0 Å². The minimum absolute atomic E-state index is 0.112. The molecule has 174 valence electrons. The molecule has 29 heavy (non-hydrogen) atoms. The topological polar surface area (TPSA) is 57.5 Å². The fourth-order valence-corrected chi connectivity index (χ4v) is 4.12. The Kier molecular flexibility index (Phi) is 23.2. The van der Waals surface area contributed by atoms with Gasteiger partial charge in [0.1, 0.15) is 0 Å². The average molecular weight is 413 g/mol. The molecule has 0 aromatic rings. The molecule has 0 aliphatic heterocycles. The lowest BCUT2D eigenvalue weighted by atomic mass is 10.0. The molecule has 0 amide bonds. The van der Waals surface area contributed by atoms with Crippen LogP contribution in [0.2, 0.25) is 0 Å². The Morgan fingerprint density at radius 2 is 0.828 bits per heavy atom. The molecule has 3 nitrogen and oxygen atoms in total. The van der Waals surface area contributed by atoms with Gasteiger partial charge >= 0.3 is 5.97 Å². The molecule has 0 spiro atoms. The van der Waals surface area contributed by atoms with E-state index in [1.165, 1.54) is 122 Å². The van der Waals surface area contributed by atoms with Gasteiger partial charge in [-0.2, -0.15) is 0 Å². The van der Waals surface area contributed by atoms with Crippen molar-refractivity contribution in [2.45, 2.75) is 161 Å². The number of aliphatic carboxylic acids is 1. The number of hydrogen-bond donors (Lipinski definition) is 2. The molecular formula is C26H52O3. The normalized spacial score (nSPS) is 12.3. The van der Waals surface area contributed by atoms with Gasteiger partial charge in [-0.25, -0.2) is 0 Å². The van der Waals surface area contributed by atoms with Gasteiger partial charge in [-0.05, 0) is 6.42 Å². The summed E-state index contributed by atoms with van der Waals surface area (Å²) >= 11 is 0. The first-order valence-electron chi connectivity index (χ1n) is 13.1. The second-order valence-corrected chi connectivity index (χ2v) is 9.11. The molecule has 3 heteroatoms. The van der Waals surface area contributed by atoms with Crippen LogP contribution in [-0.4, -0.2) is 22.3 Å². The molecule has 1 unspecified atom stereocenters. The average Bonchev–Trinajstić information content (AvgIpc) is 2.68. The highest BCUT2D eigenvalue weighted by atomic mass is 16.4. The molecule has 0 aliphatic rings. The van der Waals surface area contributed by atoms with Crippen molar-refractivity contribution in [2.75, 3.05) is 0 Å². The largest absolute Gasteiger partial charge is 0.481 e. The minimum Gasteiger partial charge on any atom is -0.481 e. The van der Waals surface area contributed by atoms with E-state index in [0.717, 1.165) is 12.8 Å². The molecule has 1 atom stereocenters. The summed E-state index contributed by atoms with van der Waals surface area (Å²) in [6.07, 6.45) is 28.6. The molecule has 2 N–H and O–H groups in total. The summed E-state index contributed by atoms with van der Waals surface area (Å²) in [5, 5.41) is 18.1. The van der Waals surface area contributed by atoms with Gasteiger partial charge in [-0.3, -0.25) is 4.79 Å². The number of carboxylic acids is 1. The van der Waals surface area contributed by atoms with E-state index < -0.39 is 12.1 Å². The number of rotatable bonds is 24. The van der Waals surface area contributed by atoms with Crippen molar-refractivity contribution in [1.82, 2.24) is 0 Å². The molecule has 0 radical (unpaired) electrons. The molecular weight excluding hydrogens is 360 g/mol. The van der Waals surface area contributed by atoms with E-state index in [1.807, 2.05) is 0 Å². The van der Waals surface area contributed by atoms with Crippen molar-refractivity contribution in [1.29, 1.82) is 0 Å². The van der Waals surface area contributed by atoms with Crippen LogP contribution in [0.5, 0.6) is 0 Å². The van der Waals surface area contributed by atoms with Crippen LogP contribution < -0.4 is 0 Å². The van der Waals surface area contributed by atoms with Gasteiger partial charge in [0.15, 0.2) is 0 Å². The standard InChI is InChI=1S/C26H52O3/c1-2-3-4-5-6-7-8-9-10-11-12-13-14-15-16-17-18-19-20-21-22-23-25(27)24-26(28)29/h25,27H,2-24H2,1H3,(H,28,29). The smallest absolute Gasteiger partial charge is 0.305 e. The number of aliphatic hydroxyl groups excluding tert-OH is 1. The van der Waals surface area contributed by atoms with Gasteiger partial charge in [0.05, 0.1) is 12.5 Å². The number of unbranched alkanes of at least 4 members (excludes halogenated alkanes) is 20. The van der Waals surface area contributed by atoms with Crippen LogP contribution in [-0.2, 0) is 4.79 Å². The van der Waals surface area contributed by atoms with E-state index in [4.69, 9.17) is 5.11 Å². The third-order valence-corrected chi connectivity index (χ3v) is 6.05. The Labute approximate surface area is 182 Å². The summed E-state index contributed by atoms with van der Waals surface area (Å²) in [6.45, 7) is 2.28. The van der Waals surface area contributed by atoms with Crippen LogP contribution in [0.4, 0.5) is 0 Å². The van der Waals surface area contributed by atoms with Crippen molar-refractivity contribution in [3.05, 3.63) is 0 Å². The van der Waals surface area contributed by atoms with E-state index in [-0.39, 0.29) is 6.42 Å². The quantitative estimate of drug-likeness (QED) is 0.156. The summed E-state index contributed by atoms with van der Waals surface area (Å²) in [6, 6.07) is 0. The second-order valence-electron chi connectivity index (χ2n) is 9.11. The van der Waals surface area contributed by atoms with Gasteiger partial charge in [-0.15, -0.1) is 0 Å². The van der Waals surface area contributed by atoms with Crippen LogP contribution >= 0.6 is 0 Å². The highest BCUT2D eigenvalue weighted by molar-refractivity contribution is 5.67. The van der Waals surface area contributed by atoms with E-state index in [1.54, 1.807) is 0 Å². The fraction of sp³-hybridized carbons (Fsp3) is 0.962. The molecule has 0 saturated heterocycles. The summed E-state index contributed by atoms with van der Waals surface area (Å²) in [5.74, 6) is -0.902. The molecule has 0 heterocycles. The molecule has 0 fully saturated rings. The summed E-state index contributed by atoms with van der Waals surface area (Å²) in [5.41, 5.74) is 0. The predicted octanol–water partition coefficient (Wildman–Crippen LogP) is 8.42. The maximum atomic E-state index is 10.5. The number of aliphatic hydroxyl groups is 1. The first-order valence-corrected chi connectivity index (χ1v) is 13.1. The number of carboxylic acid groups (broad SMARTS) is 1. The third-order valence-electron chi connectivity index (χ3n) is 6.05. The van der Waals surface area contributed by atoms with Crippen LogP contribution in [0, 0.1) is 0 Å². The lowest BCUT2D eigenvalue weighted by molar-refractivity contribution is -0.139. The van der Waals surface area contributed by atoms with E-state index in [2.05, 4.69) is 6.92 Å². The Hall–Kier alpha value is -0.570. The van der Waals surface area contributed by atoms with Crippen molar-refractivity contribution in [2.24, 2.45) is 0 Å². The van der Waals surface area contributed by atoms with Crippen LogP contribution in [0.25, 0.3) is 0 Å². The van der Waals surface area contributed by atoms with Crippen molar-refractivity contribution >= 4 is 5.97 Å². The highest BCUT2D eigenvalue weighted by Crippen LogP contribution is 2.15. The molecule has 0 bridgehead atoms. The zero-order chi connectivity index (χ0) is 21.4. The maximum absolute atomic E-state index is 10.5. The lowest BCUT2D eigenvalue weighted by Gasteiger charge is -2.07. The van der Waals surface area contributed by atoms with E-state index in [0.29, 0.717) is 6.42 Å². The van der Waals surface area contributed by atoms with Gasteiger partial charge in [-0.1, -0.05) is 142 Å². The predicted molar refractivity (Wildman–Crippen MR) is 126 cm³/mol. The summed E-state index contributed by atoms with van der Waals surface area (Å²) in [4.78, 5) is 10.5. The van der Waals surface area contributed by atoms with Gasteiger partial charge in [0.2, 0.25) is 0 Å². The number of carbonyl (C=O) groups is 1. The first kappa shape index (κ1) is 28.4. The first-order chi connectivity index (χ1) is 14.2. The third kappa shape index (κ3) is 25.4. The Bertz CT molecular complexity index is 330. The zero-order valence-corrected chi connectivity index (χ0v) is 19.6.